The van der Waals surface area contributed by atoms with Gasteiger partial charge in [-0.2, -0.15) is 0 Å². The van der Waals surface area contributed by atoms with E-state index in [0.29, 0.717) is 12.5 Å². The molecule has 0 aliphatic rings. The van der Waals surface area contributed by atoms with Crippen molar-refractivity contribution in [2.75, 3.05) is 13.1 Å². The second-order valence-corrected chi connectivity index (χ2v) is 4.98. The highest BCUT2D eigenvalue weighted by molar-refractivity contribution is 5.72. The summed E-state index contributed by atoms with van der Waals surface area (Å²) in [5.41, 5.74) is 2.15. The molecule has 0 fully saturated rings. The zero-order valence-electron chi connectivity index (χ0n) is 11.9. The Balaban J connectivity index is 2.72. The Morgan fingerprint density at radius 2 is 1.60 bits per heavy atom. The van der Waals surface area contributed by atoms with Crippen LogP contribution in [0.25, 0.3) is 0 Å². The molecule has 5 heteroatoms. The van der Waals surface area contributed by atoms with E-state index in [1.807, 2.05) is 24.3 Å². The van der Waals surface area contributed by atoms with Crippen LogP contribution >= 0.6 is 0 Å². The van der Waals surface area contributed by atoms with Gasteiger partial charge in [-0.05, 0) is 23.5 Å². The van der Waals surface area contributed by atoms with Crippen molar-refractivity contribution in [1.82, 2.24) is 4.90 Å². The fraction of sp³-hybridized carbons (Fsp3) is 0.467. The number of carboxylic acid groups (broad SMARTS) is 2. The van der Waals surface area contributed by atoms with Gasteiger partial charge in [-0.3, -0.25) is 14.5 Å². The molecule has 110 valence electrons. The summed E-state index contributed by atoms with van der Waals surface area (Å²) >= 11 is 0. The molecule has 2 N–H and O–H groups in total. The standard InChI is InChI=1S/C15H21NO4/c1-3-11(2)13-6-4-12(5-7-13)8-16(9-14(17)18)10-15(19)20/h4-7,11H,3,8-10H2,1-2H3,(H,17,18)(H,19,20). The molecule has 5 nitrogen and oxygen atoms in total. The van der Waals surface area contributed by atoms with Gasteiger partial charge in [-0.25, -0.2) is 0 Å². The zero-order valence-corrected chi connectivity index (χ0v) is 11.9. The molecule has 20 heavy (non-hydrogen) atoms. The molecule has 0 amide bonds. The highest BCUT2D eigenvalue weighted by Gasteiger charge is 2.14. The summed E-state index contributed by atoms with van der Waals surface area (Å²) in [7, 11) is 0. The summed E-state index contributed by atoms with van der Waals surface area (Å²) in [4.78, 5) is 22.8. The average molecular weight is 279 g/mol. The van der Waals surface area contributed by atoms with Gasteiger partial charge in [0.15, 0.2) is 0 Å². The normalized spacial score (nSPS) is 12.3. The number of hydrogen-bond donors (Lipinski definition) is 2. The zero-order chi connectivity index (χ0) is 15.1. The van der Waals surface area contributed by atoms with Crippen LogP contribution in [0.15, 0.2) is 24.3 Å². The summed E-state index contributed by atoms with van der Waals surface area (Å²) in [6, 6.07) is 7.89. The van der Waals surface area contributed by atoms with Crippen molar-refractivity contribution in [3.05, 3.63) is 35.4 Å². The van der Waals surface area contributed by atoms with Crippen molar-refractivity contribution in [1.29, 1.82) is 0 Å². The van der Waals surface area contributed by atoms with Crippen LogP contribution in [0.4, 0.5) is 0 Å². The third-order valence-electron chi connectivity index (χ3n) is 3.29. The van der Waals surface area contributed by atoms with Gasteiger partial charge in [-0.15, -0.1) is 0 Å². The summed E-state index contributed by atoms with van der Waals surface area (Å²) in [5, 5.41) is 17.6. The van der Waals surface area contributed by atoms with Crippen molar-refractivity contribution >= 4 is 11.9 Å². The number of carboxylic acids is 2. The largest absolute Gasteiger partial charge is 0.480 e. The monoisotopic (exact) mass is 279 g/mol. The number of carbonyl (C=O) groups is 2. The van der Waals surface area contributed by atoms with Crippen LogP contribution in [0.3, 0.4) is 0 Å². The minimum atomic E-state index is -1.03. The lowest BCUT2D eigenvalue weighted by molar-refractivity contribution is -0.142. The molecule has 1 aromatic rings. The van der Waals surface area contributed by atoms with E-state index in [0.717, 1.165) is 12.0 Å². The first-order chi connectivity index (χ1) is 9.42. The van der Waals surface area contributed by atoms with Gasteiger partial charge in [0, 0.05) is 6.54 Å². The van der Waals surface area contributed by atoms with Crippen LogP contribution in [-0.2, 0) is 16.1 Å². The van der Waals surface area contributed by atoms with E-state index in [1.165, 1.54) is 10.5 Å². The van der Waals surface area contributed by atoms with Gasteiger partial charge < -0.3 is 10.2 Å². The third kappa shape index (κ3) is 5.40. The Morgan fingerprint density at radius 3 is 2.00 bits per heavy atom. The molecule has 1 aromatic carbocycles. The number of benzene rings is 1. The maximum atomic E-state index is 10.7. The molecule has 0 saturated heterocycles. The lowest BCUT2D eigenvalue weighted by Crippen LogP contribution is -2.33. The summed E-state index contributed by atoms with van der Waals surface area (Å²) < 4.78 is 0. The fourth-order valence-corrected chi connectivity index (χ4v) is 2.00. The second-order valence-electron chi connectivity index (χ2n) is 4.98. The number of aliphatic carboxylic acids is 2. The van der Waals surface area contributed by atoms with E-state index in [2.05, 4.69) is 13.8 Å². The molecule has 0 saturated carbocycles. The summed E-state index contributed by atoms with van der Waals surface area (Å²) in [6.45, 7) is 4.04. The summed E-state index contributed by atoms with van der Waals surface area (Å²) in [6.07, 6.45) is 1.06. The van der Waals surface area contributed by atoms with E-state index < -0.39 is 11.9 Å². The highest BCUT2D eigenvalue weighted by Crippen LogP contribution is 2.19. The Labute approximate surface area is 118 Å². The first-order valence-corrected chi connectivity index (χ1v) is 6.67. The van der Waals surface area contributed by atoms with Crippen LogP contribution in [0.5, 0.6) is 0 Å². The SMILES string of the molecule is CCC(C)c1ccc(CN(CC(=O)O)CC(=O)O)cc1. The molecule has 0 aliphatic heterocycles. The topological polar surface area (TPSA) is 77.8 Å². The van der Waals surface area contributed by atoms with Gasteiger partial charge in [0.05, 0.1) is 13.1 Å². The van der Waals surface area contributed by atoms with Crippen LogP contribution < -0.4 is 0 Å². The molecule has 0 aliphatic carbocycles. The average Bonchev–Trinajstić information content (AvgIpc) is 2.37. The van der Waals surface area contributed by atoms with Crippen molar-refractivity contribution in [2.45, 2.75) is 32.7 Å². The van der Waals surface area contributed by atoms with Gasteiger partial charge in [0.1, 0.15) is 0 Å². The number of rotatable bonds is 8. The number of hydrogen-bond acceptors (Lipinski definition) is 3. The van der Waals surface area contributed by atoms with E-state index in [4.69, 9.17) is 10.2 Å². The first kappa shape index (κ1) is 16.2. The van der Waals surface area contributed by atoms with Gasteiger partial charge in [0.25, 0.3) is 0 Å². The van der Waals surface area contributed by atoms with Crippen molar-refractivity contribution in [3.8, 4) is 0 Å². The predicted molar refractivity (Wildman–Crippen MR) is 75.7 cm³/mol. The Kier molecular flexibility index (Phi) is 6.18. The minimum Gasteiger partial charge on any atom is -0.480 e. The minimum absolute atomic E-state index is 0.278. The molecule has 0 aromatic heterocycles. The molecule has 0 radical (unpaired) electrons. The maximum absolute atomic E-state index is 10.7. The number of nitrogens with zero attached hydrogens (tertiary/aromatic N) is 1. The molecule has 0 spiro atoms. The molecule has 1 atom stereocenters. The first-order valence-electron chi connectivity index (χ1n) is 6.67. The quantitative estimate of drug-likeness (QED) is 0.762. The second kappa shape index (κ2) is 7.65. The highest BCUT2D eigenvalue weighted by atomic mass is 16.4. The van der Waals surface area contributed by atoms with Crippen LogP contribution in [0.2, 0.25) is 0 Å². The fourth-order valence-electron chi connectivity index (χ4n) is 2.00. The van der Waals surface area contributed by atoms with E-state index >= 15 is 0 Å². The van der Waals surface area contributed by atoms with Crippen molar-refractivity contribution in [2.24, 2.45) is 0 Å². The molecule has 1 unspecified atom stereocenters. The van der Waals surface area contributed by atoms with Gasteiger partial charge >= 0.3 is 11.9 Å². The van der Waals surface area contributed by atoms with Crippen LogP contribution in [-0.4, -0.2) is 40.1 Å². The van der Waals surface area contributed by atoms with Gasteiger partial charge in [-0.1, -0.05) is 38.1 Å². The molecular formula is C15H21NO4. The van der Waals surface area contributed by atoms with E-state index in [9.17, 15) is 9.59 Å². The van der Waals surface area contributed by atoms with E-state index in [-0.39, 0.29) is 13.1 Å². The molecule has 0 heterocycles. The van der Waals surface area contributed by atoms with Gasteiger partial charge in [0.2, 0.25) is 0 Å². The molecular weight excluding hydrogens is 258 g/mol. The van der Waals surface area contributed by atoms with Crippen molar-refractivity contribution in [3.63, 3.8) is 0 Å². The smallest absolute Gasteiger partial charge is 0.317 e. The summed E-state index contributed by atoms with van der Waals surface area (Å²) in [5.74, 6) is -1.57. The lowest BCUT2D eigenvalue weighted by atomic mass is 9.97. The van der Waals surface area contributed by atoms with Crippen LogP contribution in [0, 0.1) is 0 Å². The molecule has 0 bridgehead atoms. The third-order valence-corrected chi connectivity index (χ3v) is 3.29. The van der Waals surface area contributed by atoms with E-state index in [1.54, 1.807) is 0 Å². The maximum Gasteiger partial charge on any atom is 0.317 e. The molecule has 1 rings (SSSR count). The Morgan fingerprint density at radius 1 is 1.10 bits per heavy atom. The predicted octanol–water partition coefficient (Wildman–Crippen LogP) is 2.17. The van der Waals surface area contributed by atoms with Crippen molar-refractivity contribution < 1.29 is 19.8 Å². The van der Waals surface area contributed by atoms with Crippen LogP contribution in [0.1, 0.15) is 37.3 Å². The lowest BCUT2D eigenvalue weighted by Gasteiger charge is -2.18. The Hall–Kier alpha value is -1.88. The Bertz CT molecular complexity index is 439.